The molecule has 0 bridgehead atoms. The topological polar surface area (TPSA) is 35.5 Å². The zero-order chi connectivity index (χ0) is 25.7. The number of benzene rings is 4. The maximum Gasteiger partial charge on any atom is 0.193 e. The van der Waals surface area contributed by atoms with Crippen LogP contribution in [0.25, 0.3) is 0 Å². The van der Waals surface area contributed by atoms with Crippen LogP contribution in [0.1, 0.15) is 67.2 Å². The average Bonchev–Trinajstić information content (AvgIpc) is 2.86. The van der Waals surface area contributed by atoms with Crippen molar-refractivity contribution >= 4 is 5.78 Å². The molecule has 0 radical (unpaired) electrons. The Bertz CT molecular complexity index is 1280. The number of hydrogen-bond acceptors (Lipinski definition) is 3. The Balaban J connectivity index is 1.35. The SMILES string of the molecule is CC(C)Oc1ccc(Oc2ccc(Cc3ccc(C(=O)c4ccc(C(C)(C)C)cc4)cc3)cc2)cc1. The van der Waals surface area contributed by atoms with Gasteiger partial charge in [-0.15, -0.1) is 0 Å². The molecule has 0 unspecified atom stereocenters. The Morgan fingerprint density at radius 1 is 0.639 bits per heavy atom. The third-order valence-electron chi connectivity index (χ3n) is 5.99. The van der Waals surface area contributed by atoms with Gasteiger partial charge in [0.15, 0.2) is 5.78 Å². The molecule has 0 aromatic heterocycles. The van der Waals surface area contributed by atoms with E-state index in [2.05, 4.69) is 32.9 Å². The van der Waals surface area contributed by atoms with Crippen LogP contribution in [-0.4, -0.2) is 11.9 Å². The van der Waals surface area contributed by atoms with Crippen LogP contribution in [-0.2, 0) is 11.8 Å². The van der Waals surface area contributed by atoms with Gasteiger partial charge in [0.05, 0.1) is 6.10 Å². The van der Waals surface area contributed by atoms with Gasteiger partial charge in [0.1, 0.15) is 17.2 Å². The predicted molar refractivity (Wildman–Crippen MR) is 147 cm³/mol. The van der Waals surface area contributed by atoms with E-state index in [1.54, 1.807) is 0 Å². The largest absolute Gasteiger partial charge is 0.491 e. The van der Waals surface area contributed by atoms with Crippen LogP contribution < -0.4 is 9.47 Å². The molecule has 4 aromatic carbocycles. The Morgan fingerprint density at radius 2 is 1.06 bits per heavy atom. The van der Waals surface area contributed by atoms with E-state index in [9.17, 15) is 4.79 Å². The fourth-order valence-corrected chi connectivity index (χ4v) is 3.97. The molecule has 4 aromatic rings. The summed E-state index contributed by atoms with van der Waals surface area (Å²) in [7, 11) is 0. The van der Waals surface area contributed by atoms with Crippen LogP contribution in [0.2, 0.25) is 0 Å². The lowest BCUT2D eigenvalue weighted by molar-refractivity contribution is 0.103. The molecule has 3 heteroatoms. The second-order valence-corrected chi connectivity index (χ2v) is 10.4. The normalized spacial score (nSPS) is 11.4. The van der Waals surface area contributed by atoms with Crippen molar-refractivity contribution in [3.8, 4) is 17.2 Å². The van der Waals surface area contributed by atoms with Gasteiger partial charge in [0, 0.05) is 11.1 Å². The molecule has 0 atom stereocenters. The van der Waals surface area contributed by atoms with Crippen molar-refractivity contribution in [1.82, 2.24) is 0 Å². The molecule has 0 spiro atoms. The summed E-state index contributed by atoms with van der Waals surface area (Å²) in [6, 6.07) is 31.6. The molecule has 4 rings (SSSR count). The van der Waals surface area contributed by atoms with Crippen molar-refractivity contribution in [1.29, 1.82) is 0 Å². The smallest absolute Gasteiger partial charge is 0.193 e. The minimum absolute atomic E-state index is 0.0484. The molecule has 0 aliphatic carbocycles. The van der Waals surface area contributed by atoms with E-state index in [-0.39, 0.29) is 17.3 Å². The summed E-state index contributed by atoms with van der Waals surface area (Å²) in [5, 5.41) is 0. The third-order valence-corrected chi connectivity index (χ3v) is 5.99. The van der Waals surface area contributed by atoms with E-state index in [1.807, 2.05) is 98.8 Å². The summed E-state index contributed by atoms with van der Waals surface area (Å²) in [6.45, 7) is 10.5. The Labute approximate surface area is 214 Å². The van der Waals surface area contributed by atoms with Gasteiger partial charge < -0.3 is 9.47 Å². The van der Waals surface area contributed by atoms with Crippen molar-refractivity contribution in [3.05, 3.63) is 125 Å². The summed E-state index contributed by atoms with van der Waals surface area (Å²) >= 11 is 0. The highest BCUT2D eigenvalue weighted by atomic mass is 16.5. The lowest BCUT2D eigenvalue weighted by Gasteiger charge is -2.19. The van der Waals surface area contributed by atoms with Gasteiger partial charge in [-0.2, -0.15) is 0 Å². The Kier molecular flexibility index (Phi) is 7.59. The molecular weight excluding hydrogens is 444 g/mol. The zero-order valence-electron chi connectivity index (χ0n) is 21.7. The minimum atomic E-state index is 0.0484. The van der Waals surface area contributed by atoms with E-state index >= 15 is 0 Å². The lowest BCUT2D eigenvalue weighted by atomic mass is 9.86. The van der Waals surface area contributed by atoms with Crippen molar-refractivity contribution in [3.63, 3.8) is 0 Å². The fourth-order valence-electron chi connectivity index (χ4n) is 3.97. The molecule has 0 saturated carbocycles. The summed E-state index contributed by atoms with van der Waals surface area (Å²) in [5.74, 6) is 2.44. The Hall–Kier alpha value is -3.85. The Morgan fingerprint density at radius 3 is 1.53 bits per heavy atom. The molecule has 0 heterocycles. The van der Waals surface area contributed by atoms with E-state index in [4.69, 9.17) is 9.47 Å². The molecular formula is C33H34O3. The number of rotatable bonds is 8. The molecule has 36 heavy (non-hydrogen) atoms. The quantitative estimate of drug-likeness (QED) is 0.239. The molecule has 0 saturated heterocycles. The van der Waals surface area contributed by atoms with Gasteiger partial charge >= 0.3 is 0 Å². The first kappa shape index (κ1) is 25.2. The van der Waals surface area contributed by atoms with Crippen molar-refractivity contribution < 1.29 is 14.3 Å². The summed E-state index contributed by atoms with van der Waals surface area (Å²) < 4.78 is 11.6. The van der Waals surface area contributed by atoms with Gasteiger partial charge in [-0.3, -0.25) is 4.79 Å². The first-order valence-electron chi connectivity index (χ1n) is 12.4. The van der Waals surface area contributed by atoms with Gasteiger partial charge in [-0.05, 0) is 78.8 Å². The van der Waals surface area contributed by atoms with Crippen LogP contribution in [0, 0.1) is 0 Å². The van der Waals surface area contributed by atoms with Crippen LogP contribution in [0.15, 0.2) is 97.1 Å². The van der Waals surface area contributed by atoms with Crippen LogP contribution in [0.3, 0.4) is 0 Å². The van der Waals surface area contributed by atoms with Crippen LogP contribution in [0.4, 0.5) is 0 Å². The number of carbonyl (C=O) groups excluding carboxylic acids is 1. The second kappa shape index (κ2) is 10.8. The average molecular weight is 479 g/mol. The van der Waals surface area contributed by atoms with E-state index < -0.39 is 0 Å². The van der Waals surface area contributed by atoms with E-state index in [0.29, 0.717) is 11.1 Å². The first-order chi connectivity index (χ1) is 17.2. The highest BCUT2D eigenvalue weighted by Crippen LogP contribution is 2.26. The van der Waals surface area contributed by atoms with Crippen molar-refractivity contribution in [2.75, 3.05) is 0 Å². The van der Waals surface area contributed by atoms with E-state index in [0.717, 1.165) is 29.2 Å². The molecule has 0 aliphatic rings. The highest BCUT2D eigenvalue weighted by Gasteiger charge is 2.15. The van der Waals surface area contributed by atoms with Gasteiger partial charge in [0.25, 0.3) is 0 Å². The number of ketones is 1. The number of carbonyl (C=O) groups is 1. The van der Waals surface area contributed by atoms with Gasteiger partial charge in [-0.25, -0.2) is 0 Å². The fraction of sp³-hybridized carbons (Fsp3) is 0.242. The molecule has 0 amide bonds. The van der Waals surface area contributed by atoms with Crippen molar-refractivity contribution in [2.45, 2.75) is 52.6 Å². The summed E-state index contributed by atoms with van der Waals surface area (Å²) in [5.41, 5.74) is 5.05. The summed E-state index contributed by atoms with van der Waals surface area (Å²) in [6.07, 6.45) is 0.933. The van der Waals surface area contributed by atoms with Gasteiger partial charge in [0.2, 0.25) is 0 Å². The maximum absolute atomic E-state index is 12.9. The molecule has 0 fully saturated rings. The van der Waals surface area contributed by atoms with E-state index in [1.165, 1.54) is 11.1 Å². The van der Waals surface area contributed by atoms with Crippen LogP contribution >= 0.6 is 0 Å². The molecule has 3 nitrogen and oxygen atoms in total. The molecule has 184 valence electrons. The monoisotopic (exact) mass is 478 g/mol. The number of hydrogen-bond donors (Lipinski definition) is 0. The molecule has 0 aliphatic heterocycles. The lowest BCUT2D eigenvalue weighted by Crippen LogP contribution is -2.11. The number of ether oxygens (including phenoxy) is 2. The standard InChI is InChI=1S/C33H34O3/c1-23(2)35-29-18-20-31(21-19-29)36-30-16-8-25(9-17-30)22-24-6-10-26(11-7-24)32(34)27-12-14-28(15-13-27)33(3,4)5/h6-21,23H,22H2,1-5H3. The van der Waals surface area contributed by atoms with Crippen LogP contribution in [0.5, 0.6) is 17.2 Å². The zero-order valence-corrected chi connectivity index (χ0v) is 21.7. The third kappa shape index (κ3) is 6.63. The maximum atomic E-state index is 12.9. The highest BCUT2D eigenvalue weighted by molar-refractivity contribution is 6.09. The molecule has 0 N–H and O–H groups in total. The minimum Gasteiger partial charge on any atom is -0.491 e. The second-order valence-electron chi connectivity index (χ2n) is 10.4. The van der Waals surface area contributed by atoms with Gasteiger partial charge in [-0.1, -0.05) is 81.4 Å². The first-order valence-corrected chi connectivity index (χ1v) is 12.4. The summed E-state index contributed by atoms with van der Waals surface area (Å²) in [4.78, 5) is 12.9. The predicted octanol–water partition coefficient (Wildman–Crippen LogP) is 8.39. The van der Waals surface area contributed by atoms with Crippen molar-refractivity contribution in [2.24, 2.45) is 0 Å².